The van der Waals surface area contributed by atoms with E-state index in [1.54, 1.807) is 0 Å². The second kappa shape index (κ2) is 42.8. The molecule has 0 aliphatic heterocycles. The lowest BCUT2D eigenvalue weighted by atomic mass is 10.1. The van der Waals surface area contributed by atoms with E-state index in [4.69, 9.17) is 14.2 Å². The maximum absolute atomic E-state index is 12.2. The van der Waals surface area contributed by atoms with Crippen molar-refractivity contribution in [2.24, 2.45) is 0 Å². The van der Waals surface area contributed by atoms with Gasteiger partial charge in [0, 0.05) is 26.3 Å². The summed E-state index contributed by atoms with van der Waals surface area (Å²) in [4.78, 5) is 12.2. The van der Waals surface area contributed by atoms with Crippen molar-refractivity contribution in [2.45, 2.75) is 200 Å². The summed E-state index contributed by atoms with van der Waals surface area (Å²) < 4.78 is 17.5. The summed E-state index contributed by atoms with van der Waals surface area (Å²) in [5, 5.41) is 5.82. The summed E-state index contributed by atoms with van der Waals surface area (Å²) in [7, 11) is 1.86. The molecule has 0 atom stereocenters. The fraction of sp³-hybridized carbons (Fsp3) is 0.884. The molecule has 1 amide bonds. The predicted molar refractivity (Wildman–Crippen MR) is 213 cm³/mol. The normalized spacial score (nSPS) is 12.4. The Morgan fingerprint density at radius 2 is 0.837 bits per heavy atom. The molecule has 6 heteroatoms. The van der Waals surface area contributed by atoms with Gasteiger partial charge in [0.15, 0.2) is 6.10 Å². The van der Waals surface area contributed by atoms with Gasteiger partial charge in [0.25, 0.3) is 0 Å². The Morgan fingerprint density at radius 1 is 0.490 bits per heavy atom. The van der Waals surface area contributed by atoms with Crippen molar-refractivity contribution in [3.63, 3.8) is 0 Å². The molecule has 0 heterocycles. The maximum atomic E-state index is 12.2. The smallest absolute Gasteiger partial charge is 0.407 e. The van der Waals surface area contributed by atoms with Crippen LogP contribution in [0.1, 0.15) is 194 Å². The molecular weight excluding hydrogens is 608 g/mol. The predicted octanol–water partition coefficient (Wildman–Crippen LogP) is 12.4. The molecule has 2 N–H and O–H groups in total. The third kappa shape index (κ3) is 40.9. The standard InChI is InChI=1S/C43H84N2O4/c1-4-6-8-10-12-14-16-18-20-22-24-26-28-30-32-34-38-47-40-42(49-43(46)45-37-36-44-3)41-48-39-35-33-31-29-27-25-23-21-19-17-15-13-11-9-7-5-2/h18-21,42,44H,4-17,22-41H2,1-3H3,(H,45,46). The van der Waals surface area contributed by atoms with Crippen LogP contribution in [-0.2, 0) is 14.2 Å². The van der Waals surface area contributed by atoms with Gasteiger partial charge in [0.1, 0.15) is 0 Å². The molecule has 0 unspecified atom stereocenters. The van der Waals surface area contributed by atoms with Gasteiger partial charge < -0.3 is 24.8 Å². The molecular formula is C43H84N2O4. The van der Waals surface area contributed by atoms with Crippen molar-refractivity contribution in [1.82, 2.24) is 10.6 Å². The van der Waals surface area contributed by atoms with Gasteiger partial charge >= 0.3 is 6.09 Å². The molecule has 49 heavy (non-hydrogen) atoms. The van der Waals surface area contributed by atoms with Crippen LogP contribution in [0.3, 0.4) is 0 Å². The Morgan fingerprint density at radius 3 is 1.20 bits per heavy atom. The zero-order valence-electron chi connectivity index (χ0n) is 33.1. The zero-order valence-corrected chi connectivity index (χ0v) is 33.1. The van der Waals surface area contributed by atoms with E-state index in [0.29, 0.717) is 39.5 Å². The highest BCUT2D eigenvalue weighted by atomic mass is 16.6. The molecule has 0 aromatic heterocycles. The minimum atomic E-state index is -0.401. The number of rotatable bonds is 40. The molecule has 0 saturated carbocycles. The van der Waals surface area contributed by atoms with Crippen LogP contribution in [-0.4, -0.2) is 58.8 Å². The SMILES string of the molecule is CCCCCCCCC=CCCCCCCCCOCC(COCCCCCCCCC=CCCCCCCCC)OC(=O)NCCNC. The first-order chi connectivity index (χ1) is 24.2. The fourth-order valence-corrected chi connectivity index (χ4v) is 5.93. The molecule has 0 aromatic carbocycles. The Kier molecular flexibility index (Phi) is 41.6. The van der Waals surface area contributed by atoms with Crippen LogP contribution in [0, 0.1) is 0 Å². The van der Waals surface area contributed by atoms with Crippen LogP contribution in [0.5, 0.6) is 0 Å². The maximum Gasteiger partial charge on any atom is 0.407 e. The Bertz CT molecular complexity index is 653. The van der Waals surface area contributed by atoms with Gasteiger partial charge in [-0.15, -0.1) is 0 Å². The molecule has 290 valence electrons. The second-order valence-corrected chi connectivity index (χ2v) is 14.1. The first-order valence-corrected chi connectivity index (χ1v) is 21.3. The molecule has 0 fully saturated rings. The number of carbonyl (C=O) groups excluding carboxylic acids is 1. The van der Waals surface area contributed by atoms with Gasteiger partial charge in [-0.2, -0.15) is 0 Å². The van der Waals surface area contributed by atoms with E-state index in [2.05, 4.69) is 48.8 Å². The summed E-state index contributed by atoms with van der Waals surface area (Å²) in [5.74, 6) is 0. The highest BCUT2D eigenvalue weighted by Crippen LogP contribution is 2.12. The van der Waals surface area contributed by atoms with Gasteiger partial charge in [0.2, 0.25) is 0 Å². The average molecular weight is 693 g/mol. The van der Waals surface area contributed by atoms with Gasteiger partial charge in [-0.1, -0.05) is 154 Å². The van der Waals surface area contributed by atoms with Crippen molar-refractivity contribution in [1.29, 1.82) is 0 Å². The molecule has 0 saturated heterocycles. The van der Waals surface area contributed by atoms with Crippen LogP contribution in [0.4, 0.5) is 4.79 Å². The number of ether oxygens (including phenoxy) is 3. The third-order valence-electron chi connectivity index (χ3n) is 9.13. The number of allylic oxidation sites excluding steroid dienone is 4. The molecule has 0 aliphatic rings. The van der Waals surface area contributed by atoms with Crippen molar-refractivity contribution in [3.05, 3.63) is 24.3 Å². The number of likely N-dealkylation sites (N-methyl/N-ethyl adjacent to an activating group) is 1. The van der Waals surface area contributed by atoms with Crippen LogP contribution in [0.15, 0.2) is 24.3 Å². The summed E-state index contributed by atoms with van der Waals surface area (Å²) in [5.41, 5.74) is 0. The number of amides is 1. The number of nitrogens with one attached hydrogen (secondary N) is 2. The molecule has 0 rings (SSSR count). The minimum Gasteiger partial charge on any atom is -0.441 e. The van der Waals surface area contributed by atoms with E-state index in [0.717, 1.165) is 12.8 Å². The van der Waals surface area contributed by atoms with E-state index in [1.807, 2.05) is 7.05 Å². The Labute approximate surface area is 305 Å². The lowest BCUT2D eigenvalue weighted by molar-refractivity contribution is -0.0291. The number of hydrogen-bond acceptors (Lipinski definition) is 5. The molecule has 0 aromatic rings. The largest absolute Gasteiger partial charge is 0.441 e. The number of carbonyl (C=O) groups is 1. The van der Waals surface area contributed by atoms with Crippen LogP contribution in [0.2, 0.25) is 0 Å². The monoisotopic (exact) mass is 693 g/mol. The van der Waals surface area contributed by atoms with Gasteiger partial charge in [-0.25, -0.2) is 4.79 Å². The van der Waals surface area contributed by atoms with Gasteiger partial charge in [-0.05, 0) is 71.3 Å². The highest BCUT2D eigenvalue weighted by molar-refractivity contribution is 5.67. The number of unbranched alkanes of at least 4 members (excludes halogenated alkanes) is 24. The Balaban J connectivity index is 3.82. The van der Waals surface area contributed by atoms with Gasteiger partial charge in [0.05, 0.1) is 13.2 Å². The minimum absolute atomic E-state index is 0.377. The summed E-state index contributed by atoms with van der Waals surface area (Å²) >= 11 is 0. The third-order valence-corrected chi connectivity index (χ3v) is 9.13. The Hall–Kier alpha value is -1.37. The zero-order chi connectivity index (χ0) is 35.6. The van der Waals surface area contributed by atoms with Gasteiger partial charge in [-0.3, -0.25) is 0 Å². The van der Waals surface area contributed by atoms with E-state index in [-0.39, 0.29) is 6.10 Å². The van der Waals surface area contributed by atoms with Crippen LogP contribution < -0.4 is 10.6 Å². The number of hydrogen-bond donors (Lipinski definition) is 2. The first-order valence-electron chi connectivity index (χ1n) is 21.3. The number of alkyl carbamates (subject to hydrolysis) is 1. The molecule has 0 spiro atoms. The van der Waals surface area contributed by atoms with E-state index in [9.17, 15) is 4.79 Å². The van der Waals surface area contributed by atoms with Crippen molar-refractivity contribution in [3.8, 4) is 0 Å². The molecule has 0 bridgehead atoms. The molecule has 0 aliphatic carbocycles. The quantitative estimate of drug-likeness (QED) is 0.0494. The topological polar surface area (TPSA) is 68.8 Å². The fourth-order valence-electron chi connectivity index (χ4n) is 5.93. The summed E-state index contributed by atoms with van der Waals surface area (Å²) in [6, 6.07) is 0. The second-order valence-electron chi connectivity index (χ2n) is 14.1. The lowest BCUT2D eigenvalue weighted by Gasteiger charge is -2.19. The van der Waals surface area contributed by atoms with Crippen LogP contribution >= 0.6 is 0 Å². The summed E-state index contributed by atoms with van der Waals surface area (Å²) in [6.07, 6.45) is 45.1. The average Bonchev–Trinajstić information content (AvgIpc) is 3.10. The summed E-state index contributed by atoms with van der Waals surface area (Å²) in [6.45, 7) is 7.98. The van der Waals surface area contributed by atoms with Crippen LogP contribution in [0.25, 0.3) is 0 Å². The van der Waals surface area contributed by atoms with Crippen molar-refractivity contribution < 1.29 is 19.0 Å². The first kappa shape index (κ1) is 47.6. The van der Waals surface area contributed by atoms with E-state index < -0.39 is 6.09 Å². The highest BCUT2D eigenvalue weighted by Gasteiger charge is 2.15. The van der Waals surface area contributed by atoms with Crippen molar-refractivity contribution >= 4 is 6.09 Å². The molecule has 6 nitrogen and oxygen atoms in total. The van der Waals surface area contributed by atoms with E-state index in [1.165, 1.54) is 167 Å². The van der Waals surface area contributed by atoms with Crippen molar-refractivity contribution in [2.75, 3.05) is 46.6 Å². The van der Waals surface area contributed by atoms with E-state index >= 15 is 0 Å². The lowest BCUT2D eigenvalue weighted by Crippen LogP contribution is -2.36. The molecule has 0 radical (unpaired) electrons.